The Morgan fingerprint density at radius 2 is 1.87 bits per heavy atom. The summed E-state index contributed by atoms with van der Waals surface area (Å²) in [6.45, 7) is 8.30. The third-order valence-electron chi connectivity index (χ3n) is 3.32. The maximum Gasteiger partial charge on any atom is 0.0113 e. The van der Waals surface area contributed by atoms with Gasteiger partial charge in [-0.15, -0.1) is 0 Å². The smallest absolute Gasteiger partial charge is 0.0113 e. The summed E-state index contributed by atoms with van der Waals surface area (Å²) in [5.74, 6) is 0. The van der Waals surface area contributed by atoms with Gasteiger partial charge >= 0.3 is 0 Å². The Morgan fingerprint density at radius 3 is 2.40 bits per heavy atom. The van der Waals surface area contributed by atoms with Crippen molar-refractivity contribution in [3.05, 3.63) is 0 Å². The average Bonchev–Trinajstić information content (AvgIpc) is 2.25. The van der Waals surface area contributed by atoms with Crippen molar-refractivity contribution < 1.29 is 0 Å². The van der Waals surface area contributed by atoms with E-state index in [1.807, 2.05) is 0 Å². The first-order valence-corrected chi connectivity index (χ1v) is 6.33. The fraction of sp³-hybridized carbons (Fsp3) is 1.00. The Balaban J connectivity index is 2.04. The van der Waals surface area contributed by atoms with Gasteiger partial charge in [0, 0.05) is 19.1 Å². The fourth-order valence-electron chi connectivity index (χ4n) is 2.20. The summed E-state index contributed by atoms with van der Waals surface area (Å²) in [6.07, 6.45) is 3.91. The molecule has 3 nitrogen and oxygen atoms in total. The summed E-state index contributed by atoms with van der Waals surface area (Å²) in [7, 11) is 4.40. The van der Waals surface area contributed by atoms with Crippen molar-refractivity contribution in [2.45, 2.75) is 32.2 Å². The van der Waals surface area contributed by atoms with Crippen LogP contribution in [0.5, 0.6) is 0 Å². The predicted molar refractivity (Wildman–Crippen MR) is 66.3 cm³/mol. The van der Waals surface area contributed by atoms with Crippen LogP contribution >= 0.6 is 0 Å². The predicted octanol–water partition coefficient (Wildman–Crippen LogP) is 1.01. The van der Waals surface area contributed by atoms with E-state index in [0.29, 0.717) is 0 Å². The van der Waals surface area contributed by atoms with Crippen LogP contribution in [0, 0.1) is 0 Å². The van der Waals surface area contributed by atoms with Gasteiger partial charge < -0.3 is 15.1 Å². The monoisotopic (exact) mass is 213 g/mol. The first-order chi connectivity index (χ1) is 7.24. The molecule has 1 fully saturated rings. The molecule has 0 aromatic heterocycles. The Kier molecular flexibility index (Phi) is 6.22. The molecule has 15 heavy (non-hydrogen) atoms. The SMILES string of the molecule is CCCNCCN1CCC(N(C)C)CC1. The lowest BCUT2D eigenvalue weighted by atomic mass is 10.0. The molecule has 1 rings (SSSR count). The van der Waals surface area contributed by atoms with Crippen LogP contribution in [0.25, 0.3) is 0 Å². The van der Waals surface area contributed by atoms with Crippen LogP contribution in [0.1, 0.15) is 26.2 Å². The molecule has 0 aliphatic carbocycles. The van der Waals surface area contributed by atoms with Gasteiger partial charge in [-0.3, -0.25) is 0 Å². The Morgan fingerprint density at radius 1 is 1.20 bits per heavy atom. The maximum absolute atomic E-state index is 3.46. The summed E-state index contributed by atoms with van der Waals surface area (Å²) in [5, 5.41) is 3.46. The highest BCUT2D eigenvalue weighted by Crippen LogP contribution is 2.13. The van der Waals surface area contributed by atoms with Crippen LogP contribution in [0.3, 0.4) is 0 Å². The van der Waals surface area contributed by atoms with E-state index in [2.05, 4.69) is 36.1 Å². The van der Waals surface area contributed by atoms with Crippen molar-refractivity contribution >= 4 is 0 Å². The average molecular weight is 213 g/mol. The van der Waals surface area contributed by atoms with Crippen molar-refractivity contribution in [2.75, 3.05) is 46.8 Å². The molecule has 0 radical (unpaired) electrons. The van der Waals surface area contributed by atoms with Gasteiger partial charge in [0.25, 0.3) is 0 Å². The van der Waals surface area contributed by atoms with Crippen LogP contribution in [0.15, 0.2) is 0 Å². The van der Waals surface area contributed by atoms with Crippen LogP contribution in [-0.2, 0) is 0 Å². The van der Waals surface area contributed by atoms with E-state index < -0.39 is 0 Å². The van der Waals surface area contributed by atoms with Crippen LogP contribution < -0.4 is 5.32 Å². The molecule has 1 aliphatic heterocycles. The first kappa shape index (κ1) is 12.9. The number of hydrogen-bond donors (Lipinski definition) is 1. The van der Waals surface area contributed by atoms with Gasteiger partial charge in [0.1, 0.15) is 0 Å². The Hall–Kier alpha value is -0.120. The van der Waals surface area contributed by atoms with E-state index in [4.69, 9.17) is 0 Å². The van der Waals surface area contributed by atoms with Gasteiger partial charge in [-0.05, 0) is 53.0 Å². The van der Waals surface area contributed by atoms with Crippen molar-refractivity contribution in [1.82, 2.24) is 15.1 Å². The lowest BCUT2D eigenvalue weighted by Gasteiger charge is -2.35. The molecule has 1 heterocycles. The third-order valence-corrected chi connectivity index (χ3v) is 3.32. The van der Waals surface area contributed by atoms with Gasteiger partial charge in [0.15, 0.2) is 0 Å². The highest BCUT2D eigenvalue weighted by molar-refractivity contribution is 4.76. The summed E-state index contributed by atoms with van der Waals surface area (Å²) in [6, 6.07) is 0.810. The van der Waals surface area contributed by atoms with Crippen LogP contribution in [-0.4, -0.2) is 62.7 Å². The van der Waals surface area contributed by atoms with E-state index in [0.717, 1.165) is 19.1 Å². The normalized spacial score (nSPS) is 20.0. The van der Waals surface area contributed by atoms with Crippen LogP contribution in [0.2, 0.25) is 0 Å². The topological polar surface area (TPSA) is 18.5 Å². The zero-order chi connectivity index (χ0) is 11.1. The standard InChI is InChI=1S/C12H27N3/c1-4-7-13-8-11-15-9-5-12(6-10-15)14(2)3/h12-13H,4-11H2,1-3H3. The summed E-state index contributed by atoms with van der Waals surface area (Å²) >= 11 is 0. The molecule has 0 bridgehead atoms. The lowest BCUT2D eigenvalue weighted by Crippen LogP contribution is -2.44. The van der Waals surface area contributed by atoms with Gasteiger partial charge in [0.05, 0.1) is 0 Å². The second kappa shape index (κ2) is 7.20. The Labute approximate surface area is 94.8 Å². The highest BCUT2D eigenvalue weighted by Gasteiger charge is 2.19. The molecule has 0 amide bonds. The molecule has 0 atom stereocenters. The molecule has 0 spiro atoms. The second-order valence-electron chi connectivity index (χ2n) is 4.79. The Bertz CT molecular complexity index is 151. The minimum Gasteiger partial charge on any atom is -0.315 e. The number of nitrogens with zero attached hydrogens (tertiary/aromatic N) is 2. The molecule has 0 aromatic carbocycles. The largest absolute Gasteiger partial charge is 0.315 e. The van der Waals surface area contributed by atoms with Gasteiger partial charge in [0.2, 0.25) is 0 Å². The number of nitrogens with one attached hydrogen (secondary N) is 1. The van der Waals surface area contributed by atoms with E-state index in [-0.39, 0.29) is 0 Å². The lowest BCUT2D eigenvalue weighted by molar-refractivity contribution is 0.145. The third kappa shape index (κ3) is 4.96. The quantitative estimate of drug-likeness (QED) is 0.664. The van der Waals surface area contributed by atoms with E-state index >= 15 is 0 Å². The van der Waals surface area contributed by atoms with Crippen molar-refractivity contribution in [3.63, 3.8) is 0 Å². The minimum atomic E-state index is 0.810. The molecule has 1 N–H and O–H groups in total. The molecule has 1 saturated heterocycles. The number of hydrogen-bond acceptors (Lipinski definition) is 3. The number of rotatable bonds is 6. The van der Waals surface area contributed by atoms with Gasteiger partial charge in [-0.2, -0.15) is 0 Å². The van der Waals surface area contributed by atoms with Gasteiger partial charge in [-0.1, -0.05) is 6.92 Å². The molecule has 0 aromatic rings. The van der Waals surface area contributed by atoms with E-state index in [9.17, 15) is 0 Å². The molecule has 3 heteroatoms. The van der Waals surface area contributed by atoms with Crippen molar-refractivity contribution in [2.24, 2.45) is 0 Å². The fourth-order valence-corrected chi connectivity index (χ4v) is 2.20. The van der Waals surface area contributed by atoms with E-state index in [1.165, 1.54) is 38.9 Å². The second-order valence-corrected chi connectivity index (χ2v) is 4.79. The first-order valence-electron chi connectivity index (χ1n) is 6.33. The number of likely N-dealkylation sites (tertiary alicyclic amines) is 1. The van der Waals surface area contributed by atoms with E-state index in [1.54, 1.807) is 0 Å². The van der Waals surface area contributed by atoms with Crippen molar-refractivity contribution in [3.8, 4) is 0 Å². The maximum atomic E-state index is 3.46. The zero-order valence-electron chi connectivity index (χ0n) is 10.6. The van der Waals surface area contributed by atoms with Crippen LogP contribution in [0.4, 0.5) is 0 Å². The summed E-state index contributed by atoms with van der Waals surface area (Å²) in [4.78, 5) is 4.95. The zero-order valence-corrected chi connectivity index (χ0v) is 10.6. The molecule has 1 aliphatic rings. The summed E-state index contributed by atoms with van der Waals surface area (Å²) < 4.78 is 0. The minimum absolute atomic E-state index is 0.810. The number of piperidine rings is 1. The highest BCUT2D eigenvalue weighted by atomic mass is 15.2. The summed E-state index contributed by atoms with van der Waals surface area (Å²) in [5.41, 5.74) is 0. The molecule has 0 unspecified atom stereocenters. The molecular formula is C12H27N3. The molecule has 90 valence electrons. The molecular weight excluding hydrogens is 186 g/mol. The van der Waals surface area contributed by atoms with Gasteiger partial charge in [-0.25, -0.2) is 0 Å². The van der Waals surface area contributed by atoms with Crippen molar-refractivity contribution in [1.29, 1.82) is 0 Å². The molecule has 0 saturated carbocycles.